The lowest BCUT2D eigenvalue weighted by Crippen LogP contribution is -2.40. The van der Waals surface area contributed by atoms with Crippen LogP contribution in [0.4, 0.5) is 34.5 Å². The number of ether oxygens (including phenoxy) is 1. The number of anilines is 6. The van der Waals surface area contributed by atoms with E-state index in [-0.39, 0.29) is 12.1 Å². The molecule has 0 atom stereocenters. The van der Waals surface area contributed by atoms with E-state index in [1.54, 1.807) is 37.8 Å². The Balaban J connectivity index is 1.37. The molecule has 1 saturated heterocycles. The van der Waals surface area contributed by atoms with Gasteiger partial charge in [-0.3, -0.25) is 14.3 Å². The predicted molar refractivity (Wildman–Crippen MR) is 180 cm³/mol. The second kappa shape index (κ2) is 12.5. The highest BCUT2D eigenvalue weighted by molar-refractivity contribution is 7.92. The molecule has 0 spiro atoms. The van der Waals surface area contributed by atoms with Crippen LogP contribution >= 0.6 is 0 Å². The van der Waals surface area contributed by atoms with Gasteiger partial charge in [-0.05, 0) is 55.9 Å². The van der Waals surface area contributed by atoms with Crippen molar-refractivity contribution in [1.29, 1.82) is 0 Å². The van der Waals surface area contributed by atoms with Crippen molar-refractivity contribution >= 4 is 61.6 Å². The zero-order chi connectivity index (χ0) is 31.7. The van der Waals surface area contributed by atoms with Gasteiger partial charge in [0.25, 0.3) is 0 Å². The molecule has 236 valence electrons. The number of hydrogen-bond donors (Lipinski definition) is 3. The van der Waals surface area contributed by atoms with Gasteiger partial charge in [-0.25, -0.2) is 13.4 Å². The van der Waals surface area contributed by atoms with Gasteiger partial charge in [0.05, 0.1) is 30.3 Å². The van der Waals surface area contributed by atoms with Gasteiger partial charge < -0.3 is 26.0 Å². The first-order valence-electron chi connectivity index (χ1n) is 15.2. The number of aromatic nitrogens is 4. The number of fused-ring (bicyclic) bond motifs is 1. The van der Waals surface area contributed by atoms with Crippen molar-refractivity contribution in [3.05, 3.63) is 60.6 Å². The number of nitrogens with zero attached hydrogens (tertiary/aromatic N) is 6. The number of nitrogens with two attached hydrogens (primary N) is 1. The average Bonchev–Trinajstić information content (AvgIpc) is 3.87. The molecule has 1 aliphatic carbocycles. The molecule has 2 aromatic heterocycles. The molecular weight excluding hydrogens is 590 g/mol. The number of piperidine rings is 1. The maximum absolute atomic E-state index is 13.1. The molecule has 0 radical (unpaired) electrons. The van der Waals surface area contributed by atoms with E-state index in [0.29, 0.717) is 45.5 Å². The third-order valence-electron chi connectivity index (χ3n) is 8.27. The van der Waals surface area contributed by atoms with Crippen molar-refractivity contribution in [3.8, 4) is 5.75 Å². The van der Waals surface area contributed by atoms with Crippen LogP contribution in [0, 0.1) is 0 Å². The second-order valence-electron chi connectivity index (χ2n) is 11.5. The van der Waals surface area contributed by atoms with Crippen molar-refractivity contribution in [2.75, 3.05) is 46.3 Å². The fourth-order valence-electron chi connectivity index (χ4n) is 5.82. The SMILES string of the molecule is C=Cc1cnc(Nc2cc(CC)c(N3CCC(N)CC3)cc2OC)nc1Nc1ccc2nccnc2c1N(C1CC1)S(C)(=O)=O. The van der Waals surface area contributed by atoms with E-state index in [9.17, 15) is 8.42 Å². The van der Waals surface area contributed by atoms with Crippen molar-refractivity contribution in [2.45, 2.75) is 51.1 Å². The largest absolute Gasteiger partial charge is 0.494 e. The molecule has 1 aliphatic heterocycles. The van der Waals surface area contributed by atoms with E-state index in [4.69, 9.17) is 15.5 Å². The summed E-state index contributed by atoms with van der Waals surface area (Å²) in [6.07, 6.45) is 12.0. The van der Waals surface area contributed by atoms with E-state index in [1.165, 1.54) is 16.1 Å². The van der Waals surface area contributed by atoms with E-state index in [0.717, 1.165) is 56.6 Å². The van der Waals surface area contributed by atoms with Crippen LogP contribution in [0.2, 0.25) is 0 Å². The monoisotopic (exact) mass is 629 g/mol. The molecule has 4 aromatic rings. The van der Waals surface area contributed by atoms with Gasteiger partial charge in [0.15, 0.2) is 0 Å². The number of rotatable bonds is 11. The molecular formula is C32H39N9O3S. The van der Waals surface area contributed by atoms with Gasteiger partial charge >= 0.3 is 0 Å². The van der Waals surface area contributed by atoms with Gasteiger partial charge in [0.1, 0.15) is 22.8 Å². The molecule has 1 saturated carbocycles. The van der Waals surface area contributed by atoms with Crippen LogP contribution in [-0.4, -0.2) is 66.9 Å². The molecule has 0 bridgehead atoms. The van der Waals surface area contributed by atoms with Crippen LogP contribution < -0.4 is 30.3 Å². The maximum atomic E-state index is 13.1. The van der Waals surface area contributed by atoms with E-state index in [1.807, 2.05) is 6.07 Å². The molecule has 12 nitrogen and oxygen atoms in total. The van der Waals surface area contributed by atoms with Gasteiger partial charge in [-0.15, -0.1) is 0 Å². The first kappa shape index (κ1) is 30.5. The molecule has 0 amide bonds. The quantitative estimate of drug-likeness (QED) is 0.206. The summed E-state index contributed by atoms with van der Waals surface area (Å²) >= 11 is 0. The first-order chi connectivity index (χ1) is 21.7. The standard InChI is InChI=1S/C32H39N9O3S/c1-5-20-17-26(28(44-3)18-27(20)40-15-11-22(33)12-16-40)38-32-36-19-21(6-2)31(39-32)37-25-10-9-24-29(35-14-13-34-24)30(25)41(23-7-8-23)45(4,42)43/h6,9-10,13-14,17-19,22-23H,2,5,7-8,11-12,15-16,33H2,1,3-4H3,(H2,36,37,38,39). The molecule has 45 heavy (non-hydrogen) atoms. The average molecular weight is 630 g/mol. The fraction of sp³-hybridized carbons (Fsp3) is 0.375. The fourth-order valence-corrected chi connectivity index (χ4v) is 7.09. The Morgan fingerprint density at radius 1 is 1.09 bits per heavy atom. The molecule has 6 rings (SSSR count). The Hall–Kier alpha value is -4.49. The summed E-state index contributed by atoms with van der Waals surface area (Å²) in [5.41, 5.74) is 11.9. The second-order valence-corrected chi connectivity index (χ2v) is 13.3. The van der Waals surface area contributed by atoms with Crippen LogP contribution in [0.15, 0.2) is 49.4 Å². The summed E-state index contributed by atoms with van der Waals surface area (Å²) in [4.78, 5) is 20.7. The zero-order valence-corrected chi connectivity index (χ0v) is 26.6. The molecule has 0 unspecified atom stereocenters. The zero-order valence-electron chi connectivity index (χ0n) is 25.8. The third-order valence-corrected chi connectivity index (χ3v) is 9.46. The van der Waals surface area contributed by atoms with Gasteiger partial charge in [0, 0.05) is 61.1 Å². The van der Waals surface area contributed by atoms with Gasteiger partial charge in [0.2, 0.25) is 16.0 Å². The summed E-state index contributed by atoms with van der Waals surface area (Å²) in [5.74, 6) is 1.46. The number of nitrogens with one attached hydrogen (secondary N) is 2. The highest BCUT2D eigenvalue weighted by Crippen LogP contribution is 2.43. The highest BCUT2D eigenvalue weighted by atomic mass is 32.2. The molecule has 4 N–H and O–H groups in total. The van der Waals surface area contributed by atoms with Gasteiger partial charge in [-0.2, -0.15) is 4.98 Å². The number of benzene rings is 2. The van der Waals surface area contributed by atoms with Crippen LogP contribution in [0.1, 0.15) is 43.7 Å². The molecule has 2 aliphatic rings. The maximum Gasteiger partial charge on any atom is 0.232 e. The van der Waals surface area contributed by atoms with Crippen LogP contribution in [0.5, 0.6) is 5.75 Å². The Kier molecular flexibility index (Phi) is 8.47. The summed E-state index contributed by atoms with van der Waals surface area (Å²) in [6, 6.07) is 7.87. The van der Waals surface area contributed by atoms with E-state index in [2.05, 4.69) is 56.1 Å². The lowest BCUT2D eigenvalue weighted by molar-refractivity contribution is 0.416. The Bertz CT molecular complexity index is 1840. The number of aryl methyl sites for hydroxylation is 1. The minimum Gasteiger partial charge on any atom is -0.494 e. The molecule has 2 fully saturated rings. The smallest absolute Gasteiger partial charge is 0.232 e. The summed E-state index contributed by atoms with van der Waals surface area (Å²) in [6.45, 7) is 7.89. The van der Waals surface area contributed by atoms with E-state index >= 15 is 0 Å². The third kappa shape index (κ3) is 6.36. The summed E-state index contributed by atoms with van der Waals surface area (Å²) in [5, 5.41) is 6.71. The number of sulfonamides is 1. The Morgan fingerprint density at radius 2 is 1.84 bits per heavy atom. The van der Waals surface area contributed by atoms with Crippen molar-refractivity contribution in [1.82, 2.24) is 19.9 Å². The number of hydrogen-bond acceptors (Lipinski definition) is 11. The normalized spacial score (nSPS) is 15.6. The lowest BCUT2D eigenvalue weighted by Gasteiger charge is -2.34. The summed E-state index contributed by atoms with van der Waals surface area (Å²) < 4.78 is 33.4. The van der Waals surface area contributed by atoms with Crippen LogP contribution in [0.25, 0.3) is 17.1 Å². The first-order valence-corrected chi connectivity index (χ1v) is 17.0. The minimum atomic E-state index is -3.62. The summed E-state index contributed by atoms with van der Waals surface area (Å²) in [7, 11) is -1.97. The topological polar surface area (TPSA) is 151 Å². The van der Waals surface area contributed by atoms with Gasteiger partial charge in [-0.1, -0.05) is 19.6 Å². The van der Waals surface area contributed by atoms with E-state index < -0.39 is 10.0 Å². The van der Waals surface area contributed by atoms with Crippen LogP contribution in [-0.2, 0) is 16.4 Å². The molecule has 3 heterocycles. The Morgan fingerprint density at radius 3 is 2.51 bits per heavy atom. The molecule has 2 aromatic carbocycles. The number of methoxy groups -OCH3 is 1. The van der Waals surface area contributed by atoms with Crippen molar-refractivity contribution in [3.63, 3.8) is 0 Å². The highest BCUT2D eigenvalue weighted by Gasteiger charge is 2.38. The minimum absolute atomic E-state index is 0.139. The predicted octanol–water partition coefficient (Wildman–Crippen LogP) is 4.98. The van der Waals surface area contributed by atoms with Crippen molar-refractivity contribution in [2.24, 2.45) is 5.73 Å². The van der Waals surface area contributed by atoms with Crippen LogP contribution in [0.3, 0.4) is 0 Å². The molecule has 13 heteroatoms. The lowest BCUT2D eigenvalue weighted by atomic mass is 10.0. The van der Waals surface area contributed by atoms with Crippen molar-refractivity contribution < 1.29 is 13.2 Å². The Labute approximate surface area is 263 Å².